The predicted molar refractivity (Wildman–Crippen MR) is 77.8 cm³/mol. The molecule has 1 aromatic rings. The molecule has 8 heteroatoms. The van der Waals surface area contributed by atoms with Crippen molar-refractivity contribution in [3.63, 3.8) is 0 Å². The van der Waals surface area contributed by atoms with E-state index in [4.69, 9.17) is 5.73 Å². The first-order valence-corrected chi connectivity index (χ1v) is 8.07. The predicted octanol–water partition coefficient (Wildman–Crippen LogP) is 1.80. The summed E-state index contributed by atoms with van der Waals surface area (Å²) in [6.07, 6.45) is -0.740. The highest BCUT2D eigenvalue weighted by atomic mass is 79.9. The zero-order valence-corrected chi connectivity index (χ0v) is 13.9. The van der Waals surface area contributed by atoms with Gasteiger partial charge in [-0.25, -0.2) is 8.42 Å². The van der Waals surface area contributed by atoms with Crippen LogP contribution in [0.5, 0.6) is 0 Å². The van der Waals surface area contributed by atoms with Gasteiger partial charge in [0.05, 0.1) is 6.10 Å². The molecule has 0 aliphatic carbocycles. The van der Waals surface area contributed by atoms with E-state index in [0.29, 0.717) is 14.6 Å². The first-order chi connectivity index (χ1) is 8.16. The zero-order chi connectivity index (χ0) is 14.1. The molecule has 0 aromatic heterocycles. The van der Waals surface area contributed by atoms with E-state index in [9.17, 15) is 13.5 Å². The lowest BCUT2D eigenvalue weighted by atomic mass is 10.3. The highest BCUT2D eigenvalue weighted by molar-refractivity contribution is 9.11. The lowest BCUT2D eigenvalue weighted by molar-refractivity contribution is 0.171. The third kappa shape index (κ3) is 3.45. The number of halogens is 2. The van der Waals surface area contributed by atoms with Crippen molar-refractivity contribution in [1.29, 1.82) is 0 Å². The summed E-state index contributed by atoms with van der Waals surface area (Å²) in [6, 6.07) is 3.04. The second-order valence-corrected chi connectivity index (χ2v) is 7.64. The minimum absolute atomic E-state index is 0.0194. The topological polar surface area (TPSA) is 83.6 Å². The highest BCUT2D eigenvalue weighted by Crippen LogP contribution is 2.34. The molecule has 18 heavy (non-hydrogen) atoms. The number of hydrogen-bond donors (Lipinski definition) is 2. The fraction of sp³-hybridized carbons (Fsp3) is 0.400. The molecule has 1 aromatic carbocycles. The molecular formula is C10H14Br2N2O3S. The van der Waals surface area contributed by atoms with E-state index in [1.54, 1.807) is 0 Å². The summed E-state index contributed by atoms with van der Waals surface area (Å²) in [6.45, 7) is 1.55. The second-order valence-electron chi connectivity index (χ2n) is 3.95. The first-order valence-electron chi connectivity index (χ1n) is 5.05. The first kappa shape index (κ1) is 15.9. The Morgan fingerprint density at radius 3 is 2.22 bits per heavy atom. The van der Waals surface area contributed by atoms with Crippen molar-refractivity contribution in [2.24, 2.45) is 0 Å². The Balaban J connectivity index is 3.29. The summed E-state index contributed by atoms with van der Waals surface area (Å²) in [5.41, 5.74) is 6.07. The van der Waals surface area contributed by atoms with Crippen LogP contribution >= 0.6 is 31.9 Å². The average molecular weight is 402 g/mol. The third-order valence-corrected chi connectivity index (χ3v) is 5.91. The number of likely N-dealkylation sites (N-methyl/N-ethyl adjacent to an activating group) is 1. The molecule has 5 nitrogen and oxygen atoms in total. The van der Waals surface area contributed by atoms with Crippen LogP contribution in [0.1, 0.15) is 6.92 Å². The summed E-state index contributed by atoms with van der Waals surface area (Å²) in [5.74, 6) is 0. The van der Waals surface area contributed by atoms with E-state index >= 15 is 0 Å². The van der Waals surface area contributed by atoms with Crippen LogP contribution in [0.4, 0.5) is 5.69 Å². The molecule has 0 aliphatic heterocycles. The van der Waals surface area contributed by atoms with Crippen molar-refractivity contribution in [2.45, 2.75) is 17.9 Å². The molecule has 0 spiro atoms. The minimum atomic E-state index is -3.69. The van der Waals surface area contributed by atoms with Gasteiger partial charge in [0.25, 0.3) is 0 Å². The van der Waals surface area contributed by atoms with E-state index in [2.05, 4.69) is 31.9 Å². The molecule has 0 saturated heterocycles. The van der Waals surface area contributed by atoms with Crippen LogP contribution in [0.3, 0.4) is 0 Å². The van der Waals surface area contributed by atoms with E-state index in [0.717, 1.165) is 4.31 Å². The maximum atomic E-state index is 12.3. The number of aliphatic hydroxyl groups is 1. The van der Waals surface area contributed by atoms with Crippen molar-refractivity contribution < 1.29 is 13.5 Å². The summed E-state index contributed by atoms with van der Waals surface area (Å²) in [7, 11) is -2.27. The Morgan fingerprint density at radius 1 is 1.39 bits per heavy atom. The third-order valence-electron chi connectivity index (χ3n) is 2.21. The van der Waals surface area contributed by atoms with Crippen molar-refractivity contribution in [3.05, 3.63) is 21.1 Å². The molecule has 3 N–H and O–H groups in total. The molecule has 0 radical (unpaired) electrons. The quantitative estimate of drug-likeness (QED) is 0.753. The van der Waals surface area contributed by atoms with Gasteiger partial charge in [-0.05, 0) is 50.9 Å². The summed E-state index contributed by atoms with van der Waals surface area (Å²) < 4.78 is 26.5. The largest absolute Gasteiger partial charge is 0.399 e. The number of nitrogens with two attached hydrogens (primary N) is 1. The van der Waals surface area contributed by atoms with E-state index in [1.807, 2.05) is 0 Å². The normalized spacial score (nSPS) is 13.9. The van der Waals surface area contributed by atoms with E-state index in [-0.39, 0.29) is 11.4 Å². The van der Waals surface area contributed by atoms with Gasteiger partial charge in [0.15, 0.2) is 0 Å². The van der Waals surface area contributed by atoms with Gasteiger partial charge in [0, 0.05) is 28.2 Å². The van der Waals surface area contributed by atoms with Gasteiger partial charge in [-0.3, -0.25) is 0 Å². The number of sulfonamides is 1. The van der Waals surface area contributed by atoms with Gasteiger partial charge < -0.3 is 10.8 Å². The number of anilines is 1. The molecule has 102 valence electrons. The monoisotopic (exact) mass is 400 g/mol. The Labute approximate surface area is 123 Å². The number of rotatable bonds is 4. The Bertz CT molecular complexity index is 523. The maximum absolute atomic E-state index is 12.3. The van der Waals surface area contributed by atoms with E-state index < -0.39 is 16.1 Å². The second kappa shape index (κ2) is 5.87. The summed E-state index contributed by atoms with van der Waals surface area (Å²) in [5, 5.41) is 9.27. The fourth-order valence-corrected chi connectivity index (χ4v) is 5.24. The van der Waals surface area contributed by atoms with E-state index in [1.165, 1.54) is 26.1 Å². The van der Waals surface area contributed by atoms with Gasteiger partial charge in [0.2, 0.25) is 10.0 Å². The summed E-state index contributed by atoms with van der Waals surface area (Å²) >= 11 is 6.38. The van der Waals surface area contributed by atoms with Crippen LogP contribution in [0, 0.1) is 0 Å². The number of benzene rings is 1. The maximum Gasteiger partial charge on any atom is 0.245 e. The number of aliphatic hydroxyl groups excluding tert-OH is 1. The lowest BCUT2D eigenvalue weighted by Crippen LogP contribution is -2.33. The van der Waals surface area contributed by atoms with Crippen LogP contribution < -0.4 is 5.73 Å². The number of hydrogen-bond acceptors (Lipinski definition) is 4. The lowest BCUT2D eigenvalue weighted by Gasteiger charge is -2.20. The SMILES string of the molecule is CC(O)CN(C)S(=O)(=O)c1c(Br)cc(N)cc1Br. The molecule has 0 bridgehead atoms. The van der Waals surface area contributed by atoms with Crippen LogP contribution in [-0.4, -0.2) is 37.5 Å². The number of nitrogen functional groups attached to an aromatic ring is 1. The Morgan fingerprint density at radius 2 is 1.83 bits per heavy atom. The standard InChI is InChI=1S/C10H14Br2N2O3S/c1-6(15)5-14(2)18(16,17)10-8(11)3-7(13)4-9(10)12/h3-4,6,15H,5,13H2,1-2H3. The molecule has 0 heterocycles. The van der Waals surface area contributed by atoms with Gasteiger partial charge in [0.1, 0.15) is 4.90 Å². The van der Waals surface area contributed by atoms with Gasteiger partial charge in [-0.15, -0.1) is 0 Å². The molecule has 1 atom stereocenters. The molecule has 1 rings (SSSR count). The van der Waals surface area contributed by atoms with Crippen LogP contribution in [-0.2, 0) is 10.0 Å². The van der Waals surface area contributed by atoms with Crippen LogP contribution in [0.25, 0.3) is 0 Å². The van der Waals surface area contributed by atoms with Crippen LogP contribution in [0.2, 0.25) is 0 Å². The zero-order valence-electron chi connectivity index (χ0n) is 9.89. The number of nitrogens with zero attached hydrogens (tertiary/aromatic N) is 1. The molecule has 0 aliphatic rings. The molecule has 1 unspecified atom stereocenters. The van der Waals surface area contributed by atoms with Crippen LogP contribution in [0.15, 0.2) is 26.0 Å². The summed E-state index contributed by atoms with van der Waals surface area (Å²) in [4.78, 5) is 0.0971. The molecule has 0 saturated carbocycles. The van der Waals surface area contributed by atoms with Crippen molar-refractivity contribution >= 4 is 47.6 Å². The Kier molecular flexibility index (Phi) is 5.19. The average Bonchev–Trinajstić information content (AvgIpc) is 2.13. The molecular weight excluding hydrogens is 388 g/mol. The van der Waals surface area contributed by atoms with Gasteiger partial charge in [-0.1, -0.05) is 0 Å². The fourth-order valence-electron chi connectivity index (χ4n) is 1.45. The highest BCUT2D eigenvalue weighted by Gasteiger charge is 2.27. The molecule has 0 amide bonds. The van der Waals surface area contributed by atoms with Gasteiger partial charge >= 0.3 is 0 Å². The molecule has 0 fully saturated rings. The van der Waals surface area contributed by atoms with Crippen molar-refractivity contribution in [1.82, 2.24) is 4.31 Å². The van der Waals surface area contributed by atoms with Gasteiger partial charge in [-0.2, -0.15) is 4.31 Å². The Hall–Kier alpha value is -0.150. The minimum Gasteiger partial charge on any atom is -0.399 e. The smallest absolute Gasteiger partial charge is 0.245 e. The van der Waals surface area contributed by atoms with Crippen molar-refractivity contribution in [2.75, 3.05) is 19.3 Å². The van der Waals surface area contributed by atoms with Crippen molar-refractivity contribution in [3.8, 4) is 0 Å².